The van der Waals surface area contributed by atoms with E-state index in [0.29, 0.717) is 0 Å². The number of hydrogen-bond acceptors (Lipinski definition) is 3. The molecule has 0 saturated carbocycles. The van der Waals surface area contributed by atoms with Crippen LogP contribution < -0.4 is 5.32 Å². The average Bonchev–Trinajstić information content (AvgIpc) is 2.14. The Balaban J connectivity index is 2.14. The van der Waals surface area contributed by atoms with Crippen molar-refractivity contribution in [2.24, 2.45) is 0 Å². The maximum Gasteiger partial charge on any atom is 0.156 e. The molecule has 1 aliphatic heterocycles. The van der Waals surface area contributed by atoms with Crippen LogP contribution in [0.3, 0.4) is 0 Å². The molecule has 1 heterocycles. The number of hydrogen-bond donors (Lipinski definition) is 1. The number of ether oxygens (including phenoxy) is 1. The lowest BCUT2D eigenvalue weighted by Gasteiger charge is -2.01. The Morgan fingerprint density at radius 3 is 3.00 bits per heavy atom. The fourth-order valence-corrected chi connectivity index (χ4v) is 0.937. The van der Waals surface area contributed by atoms with Crippen molar-refractivity contribution in [3.05, 3.63) is 6.26 Å². The van der Waals surface area contributed by atoms with E-state index in [1.54, 1.807) is 0 Å². The second kappa shape index (κ2) is 2.55. The standard InChI is InChI=1S/C4H8NOS/c1-7-4-5-2-3-6-4/h4-5H,1-3H2. The molecule has 1 unspecified atom stereocenters. The number of nitrogens with one attached hydrogen (secondary N) is 1. The first-order valence-electron chi connectivity index (χ1n) is 2.19. The highest BCUT2D eigenvalue weighted by Crippen LogP contribution is 2.08. The van der Waals surface area contributed by atoms with E-state index < -0.39 is 0 Å². The molecule has 1 N–H and O–H groups in total. The van der Waals surface area contributed by atoms with E-state index in [4.69, 9.17) is 4.74 Å². The molecule has 3 heteroatoms. The Bertz CT molecular complexity index is 53.7. The van der Waals surface area contributed by atoms with Crippen molar-refractivity contribution in [3.63, 3.8) is 0 Å². The fraction of sp³-hybridized carbons (Fsp3) is 0.750. The van der Waals surface area contributed by atoms with Gasteiger partial charge in [0.05, 0.1) is 6.61 Å². The van der Waals surface area contributed by atoms with Gasteiger partial charge in [-0.3, -0.25) is 5.32 Å². The summed E-state index contributed by atoms with van der Waals surface area (Å²) in [6.45, 7) is 1.79. The van der Waals surface area contributed by atoms with Crippen molar-refractivity contribution in [2.45, 2.75) is 5.56 Å². The maximum atomic E-state index is 5.09. The summed E-state index contributed by atoms with van der Waals surface area (Å²) in [6.07, 6.45) is 3.60. The second-order valence-corrected chi connectivity index (χ2v) is 2.08. The highest BCUT2D eigenvalue weighted by Gasteiger charge is 2.10. The molecule has 0 aliphatic carbocycles. The Morgan fingerprint density at radius 2 is 2.71 bits per heavy atom. The van der Waals surface area contributed by atoms with E-state index in [1.807, 2.05) is 0 Å². The Kier molecular flexibility index (Phi) is 1.97. The van der Waals surface area contributed by atoms with Crippen LogP contribution in [0.2, 0.25) is 0 Å². The zero-order valence-electron chi connectivity index (χ0n) is 4.02. The molecular formula is C4H8NOS. The van der Waals surface area contributed by atoms with Crippen LogP contribution in [0.4, 0.5) is 0 Å². The molecule has 0 aromatic rings. The third kappa shape index (κ3) is 1.33. The second-order valence-electron chi connectivity index (χ2n) is 1.32. The molecule has 1 rings (SSSR count). The van der Waals surface area contributed by atoms with Gasteiger partial charge >= 0.3 is 0 Å². The third-order valence-corrected chi connectivity index (χ3v) is 1.44. The van der Waals surface area contributed by atoms with Crippen molar-refractivity contribution in [1.29, 1.82) is 0 Å². The summed E-state index contributed by atoms with van der Waals surface area (Å²) in [5.74, 6) is 0. The quantitative estimate of drug-likeness (QED) is 0.539. The topological polar surface area (TPSA) is 21.3 Å². The van der Waals surface area contributed by atoms with Crippen LogP contribution in [0.25, 0.3) is 0 Å². The smallest absolute Gasteiger partial charge is 0.156 e. The third-order valence-electron chi connectivity index (χ3n) is 0.834. The largest absolute Gasteiger partial charge is 0.353 e. The van der Waals surface area contributed by atoms with Gasteiger partial charge in [0, 0.05) is 12.8 Å². The Labute approximate surface area is 47.6 Å². The maximum absolute atomic E-state index is 5.09. The molecule has 0 aromatic carbocycles. The molecule has 7 heavy (non-hydrogen) atoms. The normalized spacial score (nSPS) is 31.3. The summed E-state index contributed by atoms with van der Waals surface area (Å²) in [6, 6.07) is 0. The van der Waals surface area contributed by atoms with Gasteiger partial charge in [-0.15, -0.1) is 11.8 Å². The number of rotatable bonds is 1. The van der Waals surface area contributed by atoms with Gasteiger partial charge in [-0.1, -0.05) is 0 Å². The summed E-state index contributed by atoms with van der Waals surface area (Å²) in [5, 5.41) is 3.08. The van der Waals surface area contributed by atoms with E-state index in [1.165, 1.54) is 11.8 Å². The summed E-state index contributed by atoms with van der Waals surface area (Å²) in [7, 11) is 0. The van der Waals surface area contributed by atoms with Gasteiger partial charge < -0.3 is 4.74 Å². The van der Waals surface area contributed by atoms with Crippen molar-refractivity contribution in [3.8, 4) is 0 Å². The Hall–Kier alpha value is 0.270. The van der Waals surface area contributed by atoms with Crippen LogP contribution in [0.1, 0.15) is 0 Å². The van der Waals surface area contributed by atoms with Crippen LogP contribution in [0.5, 0.6) is 0 Å². The number of thioether (sulfide) groups is 1. The Morgan fingerprint density at radius 1 is 1.86 bits per heavy atom. The van der Waals surface area contributed by atoms with Crippen LogP contribution in [-0.4, -0.2) is 18.7 Å². The predicted octanol–water partition coefficient (Wildman–Crippen LogP) is 0.415. The lowest BCUT2D eigenvalue weighted by molar-refractivity contribution is 0.168. The molecule has 1 fully saturated rings. The molecule has 1 radical (unpaired) electrons. The van der Waals surface area contributed by atoms with Crippen molar-refractivity contribution in [1.82, 2.24) is 5.32 Å². The first-order valence-corrected chi connectivity index (χ1v) is 3.24. The van der Waals surface area contributed by atoms with Gasteiger partial charge in [-0.2, -0.15) is 0 Å². The van der Waals surface area contributed by atoms with Gasteiger partial charge in [-0.25, -0.2) is 0 Å². The van der Waals surface area contributed by atoms with Crippen LogP contribution in [0, 0.1) is 6.26 Å². The molecule has 0 spiro atoms. The van der Waals surface area contributed by atoms with Gasteiger partial charge in [0.15, 0.2) is 5.56 Å². The van der Waals surface area contributed by atoms with Gasteiger partial charge in [0.25, 0.3) is 0 Å². The fourth-order valence-electron chi connectivity index (χ4n) is 0.509. The minimum absolute atomic E-state index is 0.153. The van der Waals surface area contributed by atoms with Gasteiger partial charge in [0.2, 0.25) is 0 Å². The summed E-state index contributed by atoms with van der Waals surface area (Å²) in [4.78, 5) is 0. The van der Waals surface area contributed by atoms with Crippen LogP contribution >= 0.6 is 11.8 Å². The lowest BCUT2D eigenvalue weighted by atomic mass is 10.7. The van der Waals surface area contributed by atoms with Gasteiger partial charge in [-0.05, 0) is 0 Å². The molecule has 0 bridgehead atoms. The SMILES string of the molecule is [CH2]SC1NCCO1. The van der Waals surface area contributed by atoms with E-state index in [2.05, 4.69) is 11.6 Å². The molecule has 1 aliphatic rings. The minimum Gasteiger partial charge on any atom is -0.353 e. The van der Waals surface area contributed by atoms with Crippen molar-refractivity contribution >= 4 is 11.8 Å². The van der Waals surface area contributed by atoms with Crippen LogP contribution in [-0.2, 0) is 4.74 Å². The molecule has 0 aromatic heterocycles. The molecular weight excluding hydrogens is 110 g/mol. The summed E-state index contributed by atoms with van der Waals surface area (Å²) >= 11 is 1.45. The zero-order chi connectivity index (χ0) is 5.11. The highest BCUT2D eigenvalue weighted by atomic mass is 32.2. The molecule has 2 nitrogen and oxygen atoms in total. The minimum atomic E-state index is 0.153. The van der Waals surface area contributed by atoms with E-state index in [-0.39, 0.29) is 5.56 Å². The van der Waals surface area contributed by atoms with E-state index in [9.17, 15) is 0 Å². The first kappa shape index (κ1) is 5.41. The van der Waals surface area contributed by atoms with E-state index >= 15 is 0 Å². The molecule has 0 amide bonds. The van der Waals surface area contributed by atoms with Crippen molar-refractivity contribution in [2.75, 3.05) is 13.2 Å². The summed E-state index contributed by atoms with van der Waals surface area (Å²) < 4.78 is 5.09. The van der Waals surface area contributed by atoms with Crippen LogP contribution in [0.15, 0.2) is 0 Å². The monoisotopic (exact) mass is 118 g/mol. The zero-order valence-corrected chi connectivity index (χ0v) is 4.83. The predicted molar refractivity (Wildman–Crippen MR) is 30.7 cm³/mol. The summed E-state index contributed by atoms with van der Waals surface area (Å²) in [5.41, 5.74) is 0.153. The highest BCUT2D eigenvalue weighted by molar-refractivity contribution is 8.00. The van der Waals surface area contributed by atoms with Crippen molar-refractivity contribution < 1.29 is 4.74 Å². The first-order chi connectivity index (χ1) is 3.43. The van der Waals surface area contributed by atoms with Gasteiger partial charge in [0.1, 0.15) is 0 Å². The molecule has 1 atom stereocenters. The average molecular weight is 118 g/mol. The van der Waals surface area contributed by atoms with E-state index in [0.717, 1.165) is 13.2 Å². The lowest BCUT2D eigenvalue weighted by Crippen LogP contribution is -2.16. The molecule has 1 saturated heterocycles. The molecule has 41 valence electrons.